The minimum Gasteiger partial charge on any atom is -0.348 e. The van der Waals surface area contributed by atoms with E-state index in [4.69, 9.17) is 23.7 Å². The van der Waals surface area contributed by atoms with Crippen molar-refractivity contribution in [1.29, 1.82) is 0 Å². The molecule has 4 rings (SSSR count). The summed E-state index contributed by atoms with van der Waals surface area (Å²) >= 11 is 0. The highest BCUT2D eigenvalue weighted by atomic mass is 16.8. The lowest BCUT2D eigenvalue weighted by molar-refractivity contribution is -0.384. The van der Waals surface area contributed by atoms with E-state index in [1.165, 1.54) is 24.3 Å². The molecule has 1 aromatic rings. The van der Waals surface area contributed by atoms with Gasteiger partial charge >= 0.3 is 6.03 Å². The third-order valence-corrected chi connectivity index (χ3v) is 5.12. The summed E-state index contributed by atoms with van der Waals surface area (Å²) in [5, 5.41) is 16.3. The Morgan fingerprint density at radius 3 is 2.37 bits per heavy atom. The average Bonchev–Trinajstić information content (AvgIpc) is 3.25. The van der Waals surface area contributed by atoms with Crippen LogP contribution in [0.1, 0.15) is 27.7 Å². The predicted molar refractivity (Wildman–Crippen MR) is 103 cm³/mol. The molecule has 5 atom stereocenters. The smallest absolute Gasteiger partial charge is 0.319 e. The molecule has 0 aliphatic carbocycles. The molecule has 3 fully saturated rings. The first kappa shape index (κ1) is 20.9. The molecule has 1 aromatic carbocycles. The van der Waals surface area contributed by atoms with E-state index in [-0.39, 0.29) is 5.69 Å². The fourth-order valence-corrected chi connectivity index (χ4v) is 3.88. The summed E-state index contributed by atoms with van der Waals surface area (Å²) in [7, 11) is 0. The minimum absolute atomic E-state index is 0.0622. The molecular formula is C19H25N3O8. The van der Waals surface area contributed by atoms with E-state index in [0.717, 1.165) is 0 Å². The minimum atomic E-state index is -0.846. The van der Waals surface area contributed by atoms with Crippen LogP contribution in [0.5, 0.6) is 0 Å². The number of carbonyl (C=O) groups excluding carboxylic acids is 1. The van der Waals surface area contributed by atoms with Gasteiger partial charge in [-0.15, -0.1) is 0 Å². The van der Waals surface area contributed by atoms with Gasteiger partial charge in [-0.3, -0.25) is 10.1 Å². The van der Waals surface area contributed by atoms with Crippen LogP contribution in [0, 0.1) is 10.1 Å². The molecule has 0 unspecified atom stereocenters. The maximum Gasteiger partial charge on any atom is 0.319 e. The summed E-state index contributed by atoms with van der Waals surface area (Å²) in [6.07, 6.45) is -2.13. The van der Waals surface area contributed by atoms with Crippen molar-refractivity contribution in [3.8, 4) is 0 Å². The molecule has 0 bridgehead atoms. The Balaban J connectivity index is 1.46. The Morgan fingerprint density at radius 2 is 1.77 bits per heavy atom. The van der Waals surface area contributed by atoms with Crippen molar-refractivity contribution < 1.29 is 33.4 Å². The van der Waals surface area contributed by atoms with Crippen molar-refractivity contribution >= 4 is 17.4 Å². The molecule has 30 heavy (non-hydrogen) atoms. The number of urea groups is 1. The summed E-state index contributed by atoms with van der Waals surface area (Å²) in [5.41, 5.74) is 0.350. The zero-order valence-electron chi connectivity index (χ0n) is 17.1. The summed E-state index contributed by atoms with van der Waals surface area (Å²) in [6.45, 7) is 7.47. The van der Waals surface area contributed by atoms with Crippen molar-refractivity contribution in [3.63, 3.8) is 0 Å². The normalized spacial score (nSPS) is 33.8. The lowest BCUT2D eigenvalue weighted by atomic mass is 10.0. The topological polar surface area (TPSA) is 130 Å². The Labute approximate surface area is 173 Å². The number of hydrogen-bond donors (Lipinski definition) is 2. The van der Waals surface area contributed by atoms with Gasteiger partial charge in [0, 0.05) is 17.8 Å². The van der Waals surface area contributed by atoms with Crippen LogP contribution in [0.3, 0.4) is 0 Å². The van der Waals surface area contributed by atoms with Crippen LogP contribution in [0.4, 0.5) is 16.2 Å². The summed E-state index contributed by atoms with van der Waals surface area (Å²) in [6, 6.07) is 4.48. The number of rotatable bonds is 4. The van der Waals surface area contributed by atoms with E-state index in [9.17, 15) is 14.9 Å². The van der Waals surface area contributed by atoms with E-state index in [1.54, 1.807) is 13.8 Å². The van der Waals surface area contributed by atoms with Gasteiger partial charge in [-0.1, -0.05) is 0 Å². The molecule has 164 valence electrons. The molecule has 2 amide bonds. The molecule has 3 aliphatic rings. The number of amides is 2. The first-order chi connectivity index (χ1) is 14.0. The fraction of sp³-hybridized carbons (Fsp3) is 0.632. The number of hydrogen-bond acceptors (Lipinski definition) is 8. The summed E-state index contributed by atoms with van der Waals surface area (Å²) < 4.78 is 29.4. The third kappa shape index (κ3) is 4.25. The average molecular weight is 423 g/mol. The second-order valence-electron chi connectivity index (χ2n) is 8.36. The van der Waals surface area contributed by atoms with Gasteiger partial charge in [-0.25, -0.2) is 4.79 Å². The number of nitrogens with zero attached hydrogens (tertiary/aromatic N) is 1. The number of fused-ring (bicyclic) bond motifs is 1. The van der Waals surface area contributed by atoms with Gasteiger partial charge in [0.1, 0.15) is 18.3 Å². The van der Waals surface area contributed by atoms with E-state index in [2.05, 4.69) is 10.6 Å². The molecule has 2 N–H and O–H groups in total. The summed E-state index contributed by atoms with van der Waals surface area (Å²) in [4.78, 5) is 22.9. The van der Waals surface area contributed by atoms with Crippen molar-refractivity contribution in [1.82, 2.24) is 5.32 Å². The second-order valence-corrected chi connectivity index (χ2v) is 8.36. The number of nitrogens with one attached hydrogen (secondary N) is 2. The van der Waals surface area contributed by atoms with Gasteiger partial charge < -0.3 is 34.3 Å². The zero-order valence-corrected chi connectivity index (χ0v) is 17.1. The van der Waals surface area contributed by atoms with E-state index >= 15 is 0 Å². The molecule has 3 aliphatic heterocycles. The SMILES string of the molecule is CC1(C)O[C@H]2O[C@H]([C@H]3COC(C)(C)O3)[C@H](NC(=O)Nc3ccc([N+](=O)[O-])cc3)[C@H]2O1. The number of non-ortho nitro benzene ring substituents is 1. The number of anilines is 1. The van der Waals surface area contributed by atoms with Gasteiger partial charge in [0.15, 0.2) is 17.9 Å². The van der Waals surface area contributed by atoms with E-state index in [1.807, 2.05) is 13.8 Å². The van der Waals surface area contributed by atoms with Crippen LogP contribution in [-0.2, 0) is 23.7 Å². The highest BCUT2D eigenvalue weighted by Crippen LogP contribution is 2.40. The Hall–Kier alpha value is -2.31. The predicted octanol–water partition coefficient (Wildman–Crippen LogP) is 2.11. The first-order valence-corrected chi connectivity index (χ1v) is 9.68. The standard InChI is InChI=1S/C19H25N3O8/c1-18(2)26-9-12(28-18)14-13(15-16(27-14)30-19(3,4)29-15)21-17(23)20-10-5-7-11(8-6-10)22(24)25/h5-8,12-16H,9H2,1-4H3,(H2,20,21,23)/t12-,13+,14-,15-,16-/m1/s1. The van der Waals surface area contributed by atoms with E-state index in [0.29, 0.717) is 12.3 Å². The Morgan fingerprint density at radius 1 is 1.07 bits per heavy atom. The summed E-state index contributed by atoms with van der Waals surface area (Å²) in [5.74, 6) is -1.60. The molecule has 0 aromatic heterocycles. The van der Waals surface area contributed by atoms with Crippen molar-refractivity contribution in [2.24, 2.45) is 0 Å². The number of nitro groups is 1. The lowest BCUT2D eigenvalue weighted by Crippen LogP contribution is -2.53. The molecule has 0 radical (unpaired) electrons. The lowest BCUT2D eigenvalue weighted by Gasteiger charge is -2.29. The van der Waals surface area contributed by atoms with Crippen LogP contribution >= 0.6 is 0 Å². The maximum absolute atomic E-state index is 12.6. The van der Waals surface area contributed by atoms with Crippen LogP contribution in [0.15, 0.2) is 24.3 Å². The first-order valence-electron chi connectivity index (χ1n) is 9.68. The van der Waals surface area contributed by atoms with Gasteiger partial charge in [0.25, 0.3) is 5.69 Å². The maximum atomic E-state index is 12.6. The molecule has 0 spiro atoms. The number of nitro benzene ring substituents is 1. The third-order valence-electron chi connectivity index (χ3n) is 5.12. The molecule has 3 heterocycles. The monoisotopic (exact) mass is 423 g/mol. The highest BCUT2D eigenvalue weighted by molar-refractivity contribution is 5.89. The molecule has 11 heteroatoms. The molecule has 3 saturated heterocycles. The Bertz CT molecular complexity index is 828. The van der Waals surface area contributed by atoms with Crippen LogP contribution in [0.2, 0.25) is 0 Å². The van der Waals surface area contributed by atoms with Gasteiger partial charge in [-0.05, 0) is 39.8 Å². The van der Waals surface area contributed by atoms with Crippen LogP contribution < -0.4 is 10.6 Å². The number of ether oxygens (including phenoxy) is 5. The number of carbonyl (C=O) groups is 1. The number of benzene rings is 1. The van der Waals surface area contributed by atoms with Crippen molar-refractivity contribution in [2.75, 3.05) is 11.9 Å². The largest absolute Gasteiger partial charge is 0.348 e. The van der Waals surface area contributed by atoms with E-state index < -0.39 is 53.2 Å². The van der Waals surface area contributed by atoms with Crippen LogP contribution in [0.25, 0.3) is 0 Å². The molecule has 11 nitrogen and oxygen atoms in total. The van der Waals surface area contributed by atoms with Gasteiger partial charge in [-0.2, -0.15) is 0 Å². The van der Waals surface area contributed by atoms with Gasteiger partial charge in [0.2, 0.25) is 0 Å². The molecular weight excluding hydrogens is 398 g/mol. The molecule has 0 saturated carbocycles. The fourth-order valence-electron chi connectivity index (χ4n) is 3.88. The highest BCUT2D eigenvalue weighted by Gasteiger charge is 2.58. The van der Waals surface area contributed by atoms with Crippen molar-refractivity contribution in [2.45, 2.75) is 69.9 Å². The van der Waals surface area contributed by atoms with Crippen LogP contribution in [-0.4, -0.2) is 59.8 Å². The quantitative estimate of drug-likeness (QED) is 0.556. The zero-order chi connectivity index (χ0) is 21.7. The second kappa shape index (κ2) is 7.43. The van der Waals surface area contributed by atoms with Crippen molar-refractivity contribution in [3.05, 3.63) is 34.4 Å². The van der Waals surface area contributed by atoms with Gasteiger partial charge in [0.05, 0.1) is 17.6 Å². The Kier molecular flexibility index (Phi) is 5.19.